The first kappa shape index (κ1) is 13.9. The molecular formula is C15H19N3O3. The standard InChI is InChI=1S/C15H19N3O3/c1-9-7-11(10(2)16(9)3)13(19)8-18-14(20)12-5-4-6-17(12)15(18)21/h7,12H,4-6,8H2,1-3H3/t12-/m1/s1. The van der Waals surface area contributed by atoms with Crippen LogP contribution in [0, 0.1) is 13.8 Å². The van der Waals surface area contributed by atoms with E-state index in [-0.39, 0.29) is 30.3 Å². The molecule has 6 nitrogen and oxygen atoms in total. The average Bonchev–Trinajstić information content (AvgIpc) is 3.09. The second-order valence-corrected chi connectivity index (χ2v) is 5.83. The maximum absolute atomic E-state index is 12.4. The minimum absolute atomic E-state index is 0.158. The molecular weight excluding hydrogens is 270 g/mol. The van der Waals surface area contributed by atoms with Crippen LogP contribution in [-0.2, 0) is 11.8 Å². The summed E-state index contributed by atoms with van der Waals surface area (Å²) < 4.78 is 1.93. The number of aryl methyl sites for hydroxylation is 1. The molecule has 3 amide bonds. The van der Waals surface area contributed by atoms with Crippen LogP contribution in [0.2, 0.25) is 0 Å². The highest BCUT2D eigenvalue weighted by atomic mass is 16.2. The summed E-state index contributed by atoms with van der Waals surface area (Å²) in [4.78, 5) is 39.5. The molecule has 0 aromatic carbocycles. The normalized spacial score (nSPS) is 21.4. The first-order valence-electron chi connectivity index (χ1n) is 7.20. The van der Waals surface area contributed by atoms with E-state index in [9.17, 15) is 14.4 Å². The first-order chi connectivity index (χ1) is 9.91. The van der Waals surface area contributed by atoms with Crippen molar-refractivity contribution in [2.24, 2.45) is 7.05 Å². The number of fused-ring (bicyclic) bond motifs is 1. The lowest BCUT2D eigenvalue weighted by atomic mass is 10.1. The topological polar surface area (TPSA) is 62.6 Å². The molecule has 0 aliphatic carbocycles. The average molecular weight is 289 g/mol. The lowest BCUT2D eigenvalue weighted by Crippen LogP contribution is -2.37. The van der Waals surface area contributed by atoms with E-state index in [1.807, 2.05) is 31.5 Å². The van der Waals surface area contributed by atoms with Crippen molar-refractivity contribution >= 4 is 17.7 Å². The highest BCUT2D eigenvalue weighted by Crippen LogP contribution is 2.27. The van der Waals surface area contributed by atoms with Gasteiger partial charge in [0, 0.05) is 30.5 Å². The third-order valence-corrected chi connectivity index (χ3v) is 4.66. The molecule has 0 N–H and O–H groups in total. The molecule has 0 radical (unpaired) electrons. The fraction of sp³-hybridized carbons (Fsp3) is 0.533. The molecule has 112 valence electrons. The summed E-state index contributed by atoms with van der Waals surface area (Å²) in [5.74, 6) is -0.407. The predicted molar refractivity (Wildman–Crippen MR) is 76.1 cm³/mol. The van der Waals surface area contributed by atoms with Crippen molar-refractivity contribution in [1.82, 2.24) is 14.4 Å². The molecule has 0 bridgehead atoms. The number of amides is 3. The van der Waals surface area contributed by atoms with Crippen LogP contribution < -0.4 is 0 Å². The number of urea groups is 1. The zero-order chi connectivity index (χ0) is 15.3. The highest BCUT2D eigenvalue weighted by Gasteiger charge is 2.47. The van der Waals surface area contributed by atoms with Crippen LogP contribution in [0.15, 0.2) is 6.07 Å². The number of rotatable bonds is 3. The number of carbonyl (C=O) groups is 3. The molecule has 1 aromatic rings. The van der Waals surface area contributed by atoms with Crippen LogP contribution >= 0.6 is 0 Å². The van der Waals surface area contributed by atoms with E-state index >= 15 is 0 Å². The number of hydrogen-bond donors (Lipinski definition) is 0. The van der Waals surface area contributed by atoms with Crippen LogP contribution in [0.1, 0.15) is 34.6 Å². The Bertz CT molecular complexity index is 625. The first-order valence-corrected chi connectivity index (χ1v) is 7.20. The molecule has 3 heterocycles. The Morgan fingerprint density at radius 3 is 2.62 bits per heavy atom. The van der Waals surface area contributed by atoms with Crippen LogP contribution in [0.5, 0.6) is 0 Å². The predicted octanol–water partition coefficient (Wildman–Crippen LogP) is 1.25. The Labute approximate surface area is 123 Å². The van der Waals surface area contributed by atoms with Crippen molar-refractivity contribution in [3.05, 3.63) is 23.0 Å². The molecule has 2 fully saturated rings. The van der Waals surface area contributed by atoms with Gasteiger partial charge in [-0.05, 0) is 32.8 Å². The number of ketones is 1. The van der Waals surface area contributed by atoms with E-state index in [0.717, 1.165) is 22.7 Å². The van der Waals surface area contributed by atoms with Crippen molar-refractivity contribution in [2.75, 3.05) is 13.1 Å². The Balaban J connectivity index is 1.80. The summed E-state index contributed by atoms with van der Waals surface area (Å²) in [5.41, 5.74) is 2.43. The van der Waals surface area contributed by atoms with Gasteiger partial charge in [0.1, 0.15) is 6.04 Å². The van der Waals surface area contributed by atoms with Crippen LogP contribution in [-0.4, -0.2) is 51.2 Å². The van der Waals surface area contributed by atoms with Gasteiger partial charge in [0.2, 0.25) is 0 Å². The zero-order valence-electron chi connectivity index (χ0n) is 12.5. The molecule has 1 aromatic heterocycles. The van der Waals surface area contributed by atoms with Gasteiger partial charge in [0.25, 0.3) is 5.91 Å². The van der Waals surface area contributed by atoms with Gasteiger partial charge >= 0.3 is 6.03 Å². The summed E-state index contributed by atoms with van der Waals surface area (Å²) in [7, 11) is 1.89. The molecule has 0 saturated carbocycles. The minimum atomic E-state index is -0.344. The van der Waals surface area contributed by atoms with Gasteiger partial charge in [0.15, 0.2) is 5.78 Å². The van der Waals surface area contributed by atoms with Crippen LogP contribution in [0.4, 0.5) is 4.79 Å². The van der Waals surface area contributed by atoms with Gasteiger partial charge < -0.3 is 9.47 Å². The largest absolute Gasteiger partial charge is 0.351 e. The Morgan fingerprint density at radius 2 is 2.05 bits per heavy atom. The van der Waals surface area contributed by atoms with E-state index in [1.165, 1.54) is 0 Å². The molecule has 2 saturated heterocycles. The molecule has 2 aliphatic rings. The number of nitrogens with zero attached hydrogens (tertiary/aromatic N) is 3. The second-order valence-electron chi connectivity index (χ2n) is 5.83. The van der Waals surface area contributed by atoms with Gasteiger partial charge in [-0.1, -0.05) is 0 Å². The number of carbonyl (C=O) groups excluding carboxylic acids is 3. The van der Waals surface area contributed by atoms with E-state index in [2.05, 4.69) is 0 Å². The summed E-state index contributed by atoms with van der Waals surface area (Å²) >= 11 is 0. The van der Waals surface area contributed by atoms with E-state index in [0.29, 0.717) is 18.5 Å². The third kappa shape index (κ3) is 1.97. The number of imide groups is 1. The lowest BCUT2D eigenvalue weighted by molar-refractivity contribution is -0.127. The van der Waals surface area contributed by atoms with Gasteiger partial charge in [-0.25, -0.2) is 4.79 Å². The Kier molecular flexibility index (Phi) is 3.11. The van der Waals surface area contributed by atoms with Gasteiger partial charge in [-0.3, -0.25) is 14.5 Å². The van der Waals surface area contributed by atoms with Gasteiger partial charge in [-0.15, -0.1) is 0 Å². The molecule has 2 aliphatic heterocycles. The van der Waals surface area contributed by atoms with Crippen molar-refractivity contribution in [2.45, 2.75) is 32.7 Å². The minimum Gasteiger partial charge on any atom is -0.351 e. The zero-order valence-corrected chi connectivity index (χ0v) is 12.5. The Hall–Kier alpha value is -2.11. The third-order valence-electron chi connectivity index (χ3n) is 4.66. The lowest BCUT2D eigenvalue weighted by Gasteiger charge is -2.14. The molecule has 1 atom stereocenters. The molecule has 6 heteroatoms. The van der Waals surface area contributed by atoms with Crippen LogP contribution in [0.25, 0.3) is 0 Å². The fourth-order valence-corrected chi connectivity index (χ4v) is 3.19. The molecule has 3 rings (SSSR count). The van der Waals surface area contributed by atoms with Crippen molar-refractivity contribution in [1.29, 1.82) is 0 Å². The van der Waals surface area contributed by atoms with Crippen molar-refractivity contribution in [3.63, 3.8) is 0 Å². The Morgan fingerprint density at radius 1 is 1.33 bits per heavy atom. The summed E-state index contributed by atoms with van der Waals surface area (Å²) in [5, 5.41) is 0. The molecule has 0 spiro atoms. The van der Waals surface area contributed by atoms with Crippen molar-refractivity contribution < 1.29 is 14.4 Å². The maximum Gasteiger partial charge on any atom is 0.327 e. The smallest absolute Gasteiger partial charge is 0.327 e. The van der Waals surface area contributed by atoms with Crippen molar-refractivity contribution in [3.8, 4) is 0 Å². The quantitative estimate of drug-likeness (QED) is 0.621. The second kappa shape index (κ2) is 4.72. The summed E-state index contributed by atoms with van der Waals surface area (Å²) in [6, 6.07) is 1.15. The summed E-state index contributed by atoms with van der Waals surface area (Å²) in [6.45, 7) is 4.25. The number of aromatic nitrogens is 1. The van der Waals surface area contributed by atoms with E-state index in [4.69, 9.17) is 0 Å². The summed E-state index contributed by atoms with van der Waals surface area (Å²) in [6.07, 6.45) is 1.57. The van der Waals surface area contributed by atoms with E-state index < -0.39 is 0 Å². The number of hydrogen-bond acceptors (Lipinski definition) is 3. The van der Waals surface area contributed by atoms with Gasteiger partial charge in [0.05, 0.1) is 6.54 Å². The molecule has 0 unspecified atom stereocenters. The highest BCUT2D eigenvalue weighted by molar-refractivity contribution is 6.09. The van der Waals surface area contributed by atoms with Gasteiger partial charge in [-0.2, -0.15) is 0 Å². The maximum atomic E-state index is 12.4. The SMILES string of the molecule is Cc1cc(C(=O)CN2C(=O)[C@H]3CCCN3C2=O)c(C)n1C. The monoisotopic (exact) mass is 289 g/mol. The van der Waals surface area contributed by atoms with Crippen LogP contribution in [0.3, 0.4) is 0 Å². The van der Waals surface area contributed by atoms with E-state index in [1.54, 1.807) is 4.90 Å². The molecule has 21 heavy (non-hydrogen) atoms. The fourth-order valence-electron chi connectivity index (χ4n) is 3.19. The number of Topliss-reactive ketones (excluding diaryl/α,β-unsaturated/α-hetero) is 1.